The number of rotatable bonds is 6. The summed E-state index contributed by atoms with van der Waals surface area (Å²) in [6, 6.07) is 3.33. The standard InChI is InChI=1S/C19H23ClN4O4/c1-10-8-24(11(2)4-12(10)19(26)27)9-17(25)16-6-15(22-23-16)13-5-18(28-3)21-7-14(13)20/h5-7,10-12H,4,8-9H2,1-3H3,(H,22,23)(H,26,27). The van der Waals surface area contributed by atoms with Crippen LogP contribution in [0, 0.1) is 11.8 Å². The van der Waals surface area contributed by atoms with Gasteiger partial charge in [-0.15, -0.1) is 0 Å². The number of carbonyl (C=O) groups is 2. The SMILES string of the molecule is COc1cc(-c2cc(C(=O)CN3CC(C)C(C(=O)O)CC3C)[nH]n2)c(Cl)cn1. The molecule has 0 aromatic carbocycles. The zero-order chi connectivity index (χ0) is 20.4. The highest BCUT2D eigenvalue weighted by molar-refractivity contribution is 6.33. The van der Waals surface area contributed by atoms with Crippen LogP contribution in [0.2, 0.25) is 5.02 Å². The molecule has 2 aromatic rings. The highest BCUT2D eigenvalue weighted by Crippen LogP contribution is 2.30. The van der Waals surface area contributed by atoms with Crippen molar-refractivity contribution in [1.82, 2.24) is 20.1 Å². The fourth-order valence-electron chi connectivity index (χ4n) is 3.59. The van der Waals surface area contributed by atoms with E-state index in [4.69, 9.17) is 16.3 Å². The van der Waals surface area contributed by atoms with Gasteiger partial charge in [-0.05, 0) is 25.3 Å². The number of aromatic amines is 1. The smallest absolute Gasteiger partial charge is 0.306 e. The number of likely N-dealkylation sites (tertiary alicyclic amines) is 1. The number of carboxylic acids is 1. The fraction of sp³-hybridized carbons (Fsp3) is 0.474. The number of Topliss-reactive ketones (excluding diaryl/α,β-unsaturated/α-hetero) is 1. The number of aromatic nitrogens is 3. The van der Waals surface area contributed by atoms with E-state index in [2.05, 4.69) is 15.2 Å². The molecular formula is C19H23ClN4O4. The van der Waals surface area contributed by atoms with E-state index in [0.29, 0.717) is 40.8 Å². The third-order valence-corrected chi connectivity index (χ3v) is 5.59. The molecule has 1 saturated heterocycles. The van der Waals surface area contributed by atoms with E-state index in [1.54, 1.807) is 12.1 Å². The number of ether oxygens (including phenoxy) is 1. The van der Waals surface area contributed by atoms with Crippen LogP contribution in [-0.2, 0) is 4.79 Å². The third-order valence-electron chi connectivity index (χ3n) is 5.29. The quantitative estimate of drug-likeness (QED) is 0.710. The molecular weight excluding hydrogens is 384 g/mol. The van der Waals surface area contributed by atoms with Gasteiger partial charge in [-0.1, -0.05) is 18.5 Å². The molecule has 8 nitrogen and oxygen atoms in total. The average Bonchev–Trinajstić information content (AvgIpc) is 3.14. The minimum absolute atomic E-state index is 0.0121. The summed E-state index contributed by atoms with van der Waals surface area (Å²) in [6.45, 7) is 4.64. The maximum atomic E-state index is 12.7. The second-order valence-electron chi connectivity index (χ2n) is 7.23. The summed E-state index contributed by atoms with van der Waals surface area (Å²) in [5, 5.41) is 16.7. The summed E-state index contributed by atoms with van der Waals surface area (Å²) >= 11 is 6.19. The van der Waals surface area contributed by atoms with Crippen LogP contribution in [-0.4, -0.2) is 63.2 Å². The lowest BCUT2D eigenvalue weighted by Crippen LogP contribution is -2.49. The van der Waals surface area contributed by atoms with Crippen LogP contribution >= 0.6 is 11.6 Å². The maximum absolute atomic E-state index is 12.7. The predicted octanol–water partition coefficient (Wildman–Crippen LogP) is 2.75. The Morgan fingerprint density at radius 2 is 2.14 bits per heavy atom. The second kappa shape index (κ2) is 8.28. The molecule has 28 heavy (non-hydrogen) atoms. The van der Waals surface area contributed by atoms with E-state index in [9.17, 15) is 14.7 Å². The minimum Gasteiger partial charge on any atom is -0.481 e. The van der Waals surface area contributed by atoms with E-state index in [0.717, 1.165) is 0 Å². The van der Waals surface area contributed by atoms with Crippen molar-refractivity contribution in [1.29, 1.82) is 0 Å². The number of halogens is 1. The maximum Gasteiger partial charge on any atom is 0.306 e. The van der Waals surface area contributed by atoms with Gasteiger partial charge in [-0.2, -0.15) is 5.10 Å². The van der Waals surface area contributed by atoms with Crippen molar-refractivity contribution in [3.63, 3.8) is 0 Å². The number of piperidine rings is 1. The van der Waals surface area contributed by atoms with Crippen LogP contribution in [0.5, 0.6) is 5.88 Å². The van der Waals surface area contributed by atoms with Gasteiger partial charge in [0.1, 0.15) is 5.69 Å². The van der Waals surface area contributed by atoms with E-state index in [1.165, 1.54) is 13.3 Å². The first-order valence-corrected chi connectivity index (χ1v) is 9.43. The van der Waals surface area contributed by atoms with Crippen molar-refractivity contribution in [3.05, 3.63) is 29.0 Å². The molecule has 3 atom stereocenters. The minimum atomic E-state index is -0.770. The summed E-state index contributed by atoms with van der Waals surface area (Å²) in [4.78, 5) is 30.1. The topological polar surface area (TPSA) is 108 Å². The Kier molecular flexibility index (Phi) is 6.00. The monoisotopic (exact) mass is 406 g/mol. The normalized spacial score (nSPS) is 22.8. The van der Waals surface area contributed by atoms with Crippen molar-refractivity contribution in [2.24, 2.45) is 11.8 Å². The molecule has 150 valence electrons. The average molecular weight is 407 g/mol. The molecule has 3 heterocycles. The fourth-order valence-corrected chi connectivity index (χ4v) is 3.79. The summed E-state index contributed by atoms with van der Waals surface area (Å²) in [6.07, 6.45) is 2.01. The van der Waals surface area contributed by atoms with Crippen LogP contribution in [0.4, 0.5) is 0 Å². The lowest BCUT2D eigenvalue weighted by atomic mass is 9.83. The number of ketones is 1. The Hall–Kier alpha value is -2.45. The number of hydrogen-bond donors (Lipinski definition) is 2. The number of methoxy groups -OCH3 is 1. The lowest BCUT2D eigenvalue weighted by Gasteiger charge is -2.39. The number of pyridine rings is 1. The van der Waals surface area contributed by atoms with Crippen molar-refractivity contribution in [3.8, 4) is 17.1 Å². The zero-order valence-electron chi connectivity index (χ0n) is 16.0. The highest BCUT2D eigenvalue weighted by atomic mass is 35.5. The predicted molar refractivity (Wildman–Crippen MR) is 104 cm³/mol. The van der Waals surface area contributed by atoms with Crippen molar-refractivity contribution >= 4 is 23.4 Å². The van der Waals surface area contributed by atoms with E-state index < -0.39 is 5.97 Å². The zero-order valence-corrected chi connectivity index (χ0v) is 16.7. The van der Waals surface area contributed by atoms with Gasteiger partial charge < -0.3 is 9.84 Å². The molecule has 3 unspecified atom stereocenters. The number of hydrogen-bond acceptors (Lipinski definition) is 6. The number of nitrogens with zero attached hydrogens (tertiary/aromatic N) is 3. The Bertz CT molecular complexity index is 885. The van der Waals surface area contributed by atoms with Crippen LogP contribution in [0.25, 0.3) is 11.3 Å². The van der Waals surface area contributed by atoms with Gasteiger partial charge in [0.2, 0.25) is 5.88 Å². The number of aliphatic carboxylic acids is 1. The van der Waals surface area contributed by atoms with E-state index >= 15 is 0 Å². The van der Waals surface area contributed by atoms with Gasteiger partial charge in [0.15, 0.2) is 5.78 Å². The molecule has 3 rings (SSSR count). The molecule has 2 N–H and O–H groups in total. The van der Waals surface area contributed by atoms with Crippen molar-refractivity contribution in [2.75, 3.05) is 20.2 Å². The molecule has 2 aromatic heterocycles. The molecule has 0 spiro atoms. The molecule has 1 aliphatic heterocycles. The van der Waals surface area contributed by atoms with Gasteiger partial charge in [-0.3, -0.25) is 19.6 Å². The molecule has 1 aliphatic rings. The van der Waals surface area contributed by atoms with Gasteiger partial charge >= 0.3 is 5.97 Å². The molecule has 9 heteroatoms. The Morgan fingerprint density at radius 3 is 2.82 bits per heavy atom. The number of H-pyrrole nitrogens is 1. The Morgan fingerprint density at radius 1 is 1.39 bits per heavy atom. The summed E-state index contributed by atoms with van der Waals surface area (Å²) < 4.78 is 5.11. The Labute approximate surface area is 167 Å². The summed E-state index contributed by atoms with van der Waals surface area (Å²) in [5.41, 5.74) is 1.52. The van der Waals surface area contributed by atoms with Crippen LogP contribution < -0.4 is 4.74 Å². The van der Waals surface area contributed by atoms with Gasteiger partial charge in [0, 0.05) is 24.2 Å². The second-order valence-corrected chi connectivity index (χ2v) is 7.64. The van der Waals surface area contributed by atoms with E-state index in [1.807, 2.05) is 18.7 Å². The van der Waals surface area contributed by atoms with Gasteiger partial charge in [0.25, 0.3) is 0 Å². The van der Waals surface area contributed by atoms with Gasteiger partial charge in [0.05, 0.1) is 36.5 Å². The van der Waals surface area contributed by atoms with Crippen molar-refractivity contribution in [2.45, 2.75) is 26.3 Å². The van der Waals surface area contributed by atoms with E-state index in [-0.39, 0.29) is 30.2 Å². The van der Waals surface area contributed by atoms with Crippen LogP contribution in [0.3, 0.4) is 0 Å². The van der Waals surface area contributed by atoms with Crippen molar-refractivity contribution < 1.29 is 19.4 Å². The lowest BCUT2D eigenvalue weighted by molar-refractivity contribution is -0.146. The van der Waals surface area contributed by atoms with Crippen LogP contribution in [0.1, 0.15) is 30.8 Å². The Balaban J connectivity index is 1.72. The summed E-state index contributed by atoms with van der Waals surface area (Å²) in [7, 11) is 1.51. The third kappa shape index (κ3) is 4.18. The largest absolute Gasteiger partial charge is 0.481 e. The molecule has 0 bridgehead atoms. The number of nitrogens with one attached hydrogen (secondary N) is 1. The number of carbonyl (C=O) groups excluding carboxylic acids is 1. The molecule has 0 aliphatic carbocycles. The summed E-state index contributed by atoms with van der Waals surface area (Å²) in [5.74, 6) is -0.859. The first kappa shape index (κ1) is 20.3. The first-order valence-electron chi connectivity index (χ1n) is 9.05. The molecule has 0 saturated carbocycles. The molecule has 0 radical (unpaired) electrons. The highest BCUT2D eigenvalue weighted by Gasteiger charge is 2.36. The van der Waals surface area contributed by atoms with Gasteiger partial charge in [-0.25, -0.2) is 4.98 Å². The first-order chi connectivity index (χ1) is 13.3. The number of carboxylic acid groups (broad SMARTS) is 1. The molecule has 1 fully saturated rings. The molecule has 0 amide bonds. The van der Waals surface area contributed by atoms with Crippen LogP contribution in [0.15, 0.2) is 18.3 Å².